The molecule has 0 bridgehead atoms. The largest absolute Gasteiger partial charge is 0.494 e. The Kier molecular flexibility index (Phi) is 14.4. The van der Waals surface area contributed by atoms with Gasteiger partial charge in [-0.2, -0.15) is 0 Å². The first-order valence-electron chi connectivity index (χ1n) is 20.7. The topological polar surface area (TPSA) is 44.2 Å². The first-order valence-corrected chi connectivity index (χ1v) is 22.4. The lowest BCUT2D eigenvalue weighted by atomic mass is 10.0. The molecule has 0 aliphatic heterocycles. The monoisotopic (exact) mass is 778 g/mol. The van der Waals surface area contributed by atoms with Gasteiger partial charge in [-0.1, -0.05) is 157 Å². The van der Waals surface area contributed by atoms with Crippen molar-refractivity contribution < 1.29 is 9.47 Å². The molecule has 0 aliphatic rings. The SMILES string of the molecule is CCCCCCCCOc1ccc(OCCCCCCCC)c(-c2ccc(-c3ccc(-c4cccs4)c4nc(-c5ccccc5)c(-c5ccccc5)nc34)s2)c1. The molecule has 0 spiro atoms. The first-order chi connectivity index (χ1) is 27.7. The van der Waals surface area contributed by atoms with Crippen molar-refractivity contribution in [2.24, 2.45) is 0 Å². The summed E-state index contributed by atoms with van der Waals surface area (Å²) in [5.74, 6) is 1.81. The lowest BCUT2D eigenvalue weighted by Crippen LogP contribution is -2.01. The lowest BCUT2D eigenvalue weighted by Gasteiger charge is -2.15. The number of unbranched alkanes of at least 4 members (excludes halogenated alkanes) is 10. The summed E-state index contributed by atoms with van der Waals surface area (Å²) < 4.78 is 12.9. The molecule has 0 N–H and O–H groups in total. The fraction of sp³-hybridized carbons (Fsp3) is 0.320. The van der Waals surface area contributed by atoms with Gasteiger partial charge in [-0.15, -0.1) is 22.7 Å². The summed E-state index contributed by atoms with van der Waals surface area (Å²) in [7, 11) is 0. The normalized spacial score (nSPS) is 11.3. The number of benzene rings is 4. The van der Waals surface area contributed by atoms with Crippen molar-refractivity contribution >= 4 is 33.7 Å². The number of thiophene rings is 2. The molecule has 7 rings (SSSR count). The van der Waals surface area contributed by atoms with Crippen LogP contribution in [0.5, 0.6) is 11.5 Å². The van der Waals surface area contributed by atoms with Gasteiger partial charge in [-0.25, -0.2) is 9.97 Å². The molecule has 0 amide bonds. The van der Waals surface area contributed by atoms with Gasteiger partial charge in [0.05, 0.1) is 35.6 Å². The van der Waals surface area contributed by atoms with Gasteiger partial charge in [0.1, 0.15) is 11.5 Å². The summed E-state index contributed by atoms with van der Waals surface area (Å²) in [6.07, 6.45) is 14.9. The number of nitrogens with zero attached hydrogens (tertiary/aromatic N) is 2. The third-order valence-corrected chi connectivity index (χ3v) is 12.4. The highest BCUT2D eigenvalue weighted by Crippen LogP contribution is 2.44. The van der Waals surface area contributed by atoms with Gasteiger partial charge < -0.3 is 9.47 Å². The van der Waals surface area contributed by atoms with E-state index in [1.165, 1.54) is 69.1 Å². The highest BCUT2D eigenvalue weighted by molar-refractivity contribution is 7.19. The minimum Gasteiger partial charge on any atom is -0.494 e. The minimum atomic E-state index is 0.714. The third kappa shape index (κ3) is 9.96. The molecule has 4 aromatic carbocycles. The first kappa shape index (κ1) is 39.5. The summed E-state index contributed by atoms with van der Waals surface area (Å²) in [5.41, 5.74) is 8.92. The molecule has 0 saturated carbocycles. The summed E-state index contributed by atoms with van der Waals surface area (Å²) in [6, 6.07) is 40.4. The van der Waals surface area contributed by atoms with Crippen LogP contribution in [0.15, 0.2) is 121 Å². The summed E-state index contributed by atoms with van der Waals surface area (Å²) in [4.78, 5) is 14.5. The molecule has 3 aromatic heterocycles. The third-order valence-electron chi connectivity index (χ3n) is 10.3. The van der Waals surface area contributed by atoms with E-state index in [4.69, 9.17) is 19.4 Å². The van der Waals surface area contributed by atoms with E-state index in [0.717, 1.165) is 90.9 Å². The fourth-order valence-electron chi connectivity index (χ4n) is 7.24. The van der Waals surface area contributed by atoms with Crippen LogP contribution in [0, 0.1) is 0 Å². The fourth-order valence-corrected chi connectivity index (χ4v) is 9.05. The standard InChI is InChI=1S/C50H54N2O2S2/c1-3-5-7-9-11-19-33-53-39-27-30-43(54-34-20-12-10-8-6-4-2)42(36-39)46-32-31-45(56-46)41-29-28-40(44-26-21-35-55-44)49-50(41)52-48(38-24-17-14-18-25-38)47(51-49)37-22-15-13-16-23-37/h13-18,21-32,35-36H,3-12,19-20,33-34H2,1-2H3. The van der Waals surface area contributed by atoms with Gasteiger partial charge >= 0.3 is 0 Å². The highest BCUT2D eigenvalue weighted by atomic mass is 32.1. The van der Waals surface area contributed by atoms with E-state index >= 15 is 0 Å². The molecule has 0 radical (unpaired) electrons. The quantitative estimate of drug-likeness (QED) is 0.0682. The van der Waals surface area contributed by atoms with Gasteiger partial charge in [0.15, 0.2) is 0 Å². The maximum absolute atomic E-state index is 6.53. The van der Waals surface area contributed by atoms with Crippen LogP contribution in [0.3, 0.4) is 0 Å². The second-order valence-corrected chi connectivity index (χ2v) is 16.6. The second kappa shape index (κ2) is 20.4. The molecule has 0 aliphatic carbocycles. The Bertz CT molecular complexity index is 2250. The van der Waals surface area contributed by atoms with Crippen molar-refractivity contribution in [3.8, 4) is 65.3 Å². The van der Waals surface area contributed by atoms with Crippen LogP contribution >= 0.6 is 22.7 Å². The average molecular weight is 779 g/mol. The van der Waals surface area contributed by atoms with Crippen LogP contribution in [0.1, 0.15) is 90.9 Å². The molecule has 6 heteroatoms. The predicted octanol–water partition coefficient (Wildman–Crippen LogP) is 15.6. The molecular formula is C50H54N2O2S2. The molecule has 0 fully saturated rings. The van der Waals surface area contributed by atoms with Crippen molar-refractivity contribution in [2.45, 2.75) is 90.9 Å². The number of aromatic nitrogens is 2. The number of hydrogen-bond acceptors (Lipinski definition) is 6. The average Bonchev–Trinajstić information content (AvgIpc) is 3.97. The number of fused-ring (bicyclic) bond motifs is 1. The number of rotatable bonds is 21. The van der Waals surface area contributed by atoms with E-state index in [0.29, 0.717) is 6.61 Å². The number of ether oxygens (including phenoxy) is 2. The van der Waals surface area contributed by atoms with Gasteiger partial charge in [-0.05, 0) is 54.6 Å². The Balaban J connectivity index is 1.25. The molecule has 0 atom stereocenters. The molecule has 7 aromatic rings. The van der Waals surface area contributed by atoms with E-state index in [1.807, 2.05) is 12.1 Å². The Morgan fingerprint density at radius 1 is 0.464 bits per heavy atom. The van der Waals surface area contributed by atoms with Crippen LogP contribution in [0.4, 0.5) is 0 Å². The van der Waals surface area contributed by atoms with Crippen molar-refractivity contribution in [2.75, 3.05) is 13.2 Å². The predicted molar refractivity (Wildman–Crippen MR) is 240 cm³/mol. The zero-order valence-electron chi connectivity index (χ0n) is 33.0. The molecule has 0 unspecified atom stereocenters. The van der Waals surface area contributed by atoms with Crippen LogP contribution in [0.2, 0.25) is 0 Å². The van der Waals surface area contributed by atoms with Crippen molar-refractivity contribution in [3.05, 3.63) is 121 Å². The van der Waals surface area contributed by atoms with Gasteiger partial charge in [0, 0.05) is 42.4 Å². The van der Waals surface area contributed by atoms with Crippen LogP contribution < -0.4 is 9.47 Å². The van der Waals surface area contributed by atoms with E-state index in [-0.39, 0.29) is 0 Å². The molecule has 3 heterocycles. The van der Waals surface area contributed by atoms with Crippen molar-refractivity contribution in [3.63, 3.8) is 0 Å². The highest BCUT2D eigenvalue weighted by Gasteiger charge is 2.21. The zero-order chi connectivity index (χ0) is 38.4. The van der Waals surface area contributed by atoms with Crippen LogP contribution in [-0.2, 0) is 0 Å². The molecule has 288 valence electrons. The Hall–Kier alpha value is -4.78. The smallest absolute Gasteiger partial charge is 0.128 e. The molecule has 0 saturated heterocycles. The van der Waals surface area contributed by atoms with E-state index < -0.39 is 0 Å². The molecule has 56 heavy (non-hydrogen) atoms. The Morgan fingerprint density at radius 3 is 1.57 bits per heavy atom. The van der Waals surface area contributed by atoms with Gasteiger partial charge in [0.2, 0.25) is 0 Å². The van der Waals surface area contributed by atoms with Crippen molar-refractivity contribution in [1.29, 1.82) is 0 Å². The van der Waals surface area contributed by atoms with Gasteiger partial charge in [-0.3, -0.25) is 0 Å². The van der Waals surface area contributed by atoms with Crippen molar-refractivity contribution in [1.82, 2.24) is 9.97 Å². The summed E-state index contributed by atoms with van der Waals surface area (Å²) in [5, 5.41) is 2.13. The van der Waals surface area contributed by atoms with E-state index in [1.54, 1.807) is 22.7 Å². The van der Waals surface area contributed by atoms with Crippen LogP contribution in [-0.4, -0.2) is 23.2 Å². The van der Waals surface area contributed by atoms with Gasteiger partial charge in [0.25, 0.3) is 0 Å². The zero-order valence-corrected chi connectivity index (χ0v) is 34.6. The maximum atomic E-state index is 6.53. The Labute approximate surface area is 341 Å². The minimum absolute atomic E-state index is 0.714. The van der Waals surface area contributed by atoms with Crippen LogP contribution in [0.25, 0.3) is 64.9 Å². The Morgan fingerprint density at radius 2 is 1.00 bits per heavy atom. The second-order valence-electron chi connectivity index (χ2n) is 14.5. The summed E-state index contributed by atoms with van der Waals surface area (Å²) >= 11 is 3.51. The van der Waals surface area contributed by atoms with E-state index in [2.05, 4.69) is 122 Å². The lowest BCUT2D eigenvalue weighted by molar-refractivity contribution is 0.297. The number of hydrogen-bond donors (Lipinski definition) is 0. The molecular weight excluding hydrogens is 725 g/mol. The molecule has 4 nitrogen and oxygen atoms in total. The summed E-state index contributed by atoms with van der Waals surface area (Å²) in [6.45, 7) is 5.97. The maximum Gasteiger partial charge on any atom is 0.128 e. The van der Waals surface area contributed by atoms with E-state index in [9.17, 15) is 0 Å².